The van der Waals surface area contributed by atoms with E-state index in [0.717, 1.165) is 0 Å². The van der Waals surface area contributed by atoms with Gasteiger partial charge in [0.15, 0.2) is 0 Å². The van der Waals surface area contributed by atoms with E-state index in [0.29, 0.717) is 30.0 Å². The van der Waals surface area contributed by atoms with Crippen molar-refractivity contribution in [3.8, 4) is 5.75 Å². The van der Waals surface area contributed by atoms with Gasteiger partial charge >= 0.3 is 0 Å². The maximum Gasteiger partial charge on any atom is 0.250 e. The molecule has 0 saturated carbocycles. The van der Waals surface area contributed by atoms with Gasteiger partial charge in [-0.2, -0.15) is 0 Å². The summed E-state index contributed by atoms with van der Waals surface area (Å²) in [5.74, 6) is -1.95. The number of rotatable bonds is 9. The number of fused-ring (bicyclic) bond motifs is 1. The third-order valence-electron chi connectivity index (χ3n) is 9.03. The molecule has 3 unspecified atom stereocenters. The maximum atomic E-state index is 14.4. The number of ether oxygens (including phenoxy) is 2. The molecule has 5 rings (SSSR count). The molecule has 214 valence electrons. The van der Waals surface area contributed by atoms with Crippen LogP contribution in [-0.2, 0) is 19.1 Å². The summed E-state index contributed by atoms with van der Waals surface area (Å²) in [6.07, 6.45) is 0.955. The van der Waals surface area contributed by atoms with Gasteiger partial charge in [0.2, 0.25) is 17.7 Å². The van der Waals surface area contributed by atoms with E-state index in [2.05, 4.69) is 10.6 Å². The summed E-state index contributed by atoms with van der Waals surface area (Å²) in [7, 11) is 1.57. The second-order valence-corrected chi connectivity index (χ2v) is 12.0. The molecule has 0 radical (unpaired) electrons. The number of aliphatic hydroxyl groups excluding tert-OH is 1. The molecule has 3 fully saturated rings. The number of anilines is 2. The Morgan fingerprint density at radius 1 is 1.07 bits per heavy atom. The third-order valence-corrected chi connectivity index (χ3v) is 9.03. The minimum atomic E-state index is -1.20. The number of likely N-dealkylation sites (tertiary alicyclic amines) is 1. The van der Waals surface area contributed by atoms with Crippen molar-refractivity contribution in [3.05, 3.63) is 54.6 Å². The number of nitrogens with zero attached hydrogens (tertiary/aromatic N) is 1. The van der Waals surface area contributed by atoms with Crippen LogP contribution in [-0.4, -0.2) is 64.7 Å². The molecule has 0 aliphatic carbocycles. The standard InChI is InChI=1S/C31H39N3O6/c1-18(2)15-22(17-35)34-26(28(37)33-21-11-13-23(39-5)14-12-21)31-16-19(3)30(4,40-31)24(25(31)29(34)38)27(36)32-20-9-7-6-8-10-20/h6-14,18-19,22,24-26,35H,15-17H2,1-5H3,(H,32,36)(H,33,37)/t19?,22-,24+,25+,26?,30-,31?/m1/s1. The summed E-state index contributed by atoms with van der Waals surface area (Å²) in [5.41, 5.74) is -0.959. The molecule has 2 aromatic rings. The molecule has 3 heterocycles. The Morgan fingerprint density at radius 2 is 1.70 bits per heavy atom. The van der Waals surface area contributed by atoms with Crippen molar-refractivity contribution in [3.63, 3.8) is 0 Å². The average Bonchev–Trinajstić information content (AvgIpc) is 3.44. The van der Waals surface area contributed by atoms with E-state index in [1.54, 1.807) is 43.5 Å². The fraction of sp³-hybridized carbons (Fsp3) is 0.516. The van der Waals surface area contributed by atoms with Crippen molar-refractivity contribution in [2.75, 3.05) is 24.4 Å². The van der Waals surface area contributed by atoms with Crippen molar-refractivity contribution < 1.29 is 29.0 Å². The first-order valence-electron chi connectivity index (χ1n) is 14.0. The van der Waals surface area contributed by atoms with Crippen LogP contribution in [0.3, 0.4) is 0 Å². The zero-order valence-corrected chi connectivity index (χ0v) is 23.7. The molecule has 9 heteroatoms. The number of aliphatic hydroxyl groups is 1. The number of carbonyl (C=O) groups is 3. The highest BCUT2D eigenvalue weighted by Gasteiger charge is 2.80. The highest BCUT2D eigenvalue weighted by molar-refractivity contribution is 6.05. The molecule has 1 spiro atoms. The van der Waals surface area contributed by atoms with Gasteiger partial charge < -0.3 is 30.1 Å². The first-order valence-corrected chi connectivity index (χ1v) is 14.0. The number of nitrogens with one attached hydrogen (secondary N) is 2. The molecule has 3 aliphatic rings. The Balaban J connectivity index is 1.56. The first-order chi connectivity index (χ1) is 19.1. The molecule has 7 atom stereocenters. The van der Waals surface area contributed by atoms with E-state index in [4.69, 9.17) is 9.47 Å². The van der Waals surface area contributed by atoms with Crippen LogP contribution in [0, 0.1) is 23.7 Å². The Labute approximate surface area is 235 Å². The molecule has 2 aromatic carbocycles. The lowest BCUT2D eigenvalue weighted by atomic mass is 9.62. The molecule has 3 saturated heterocycles. The summed E-state index contributed by atoms with van der Waals surface area (Å²) in [6, 6.07) is 14.5. The van der Waals surface area contributed by atoms with Crippen LogP contribution in [0.4, 0.5) is 11.4 Å². The molecule has 3 amide bonds. The van der Waals surface area contributed by atoms with Crippen molar-refractivity contribution in [2.45, 2.75) is 63.8 Å². The van der Waals surface area contributed by atoms with Gasteiger partial charge in [-0.3, -0.25) is 14.4 Å². The van der Waals surface area contributed by atoms with Gasteiger partial charge in [-0.05, 0) is 68.0 Å². The predicted molar refractivity (Wildman–Crippen MR) is 151 cm³/mol. The van der Waals surface area contributed by atoms with Gasteiger partial charge in [-0.15, -0.1) is 0 Å². The van der Waals surface area contributed by atoms with Gasteiger partial charge in [0.1, 0.15) is 17.4 Å². The Bertz CT molecular complexity index is 1270. The summed E-state index contributed by atoms with van der Waals surface area (Å²) in [5, 5.41) is 16.4. The molecular formula is C31H39N3O6. The quantitative estimate of drug-likeness (QED) is 0.439. The topological polar surface area (TPSA) is 117 Å². The second kappa shape index (κ2) is 10.5. The van der Waals surface area contributed by atoms with E-state index in [1.165, 1.54) is 4.90 Å². The lowest BCUT2D eigenvalue weighted by Crippen LogP contribution is -2.56. The van der Waals surface area contributed by atoms with Gasteiger partial charge in [-0.1, -0.05) is 39.0 Å². The summed E-state index contributed by atoms with van der Waals surface area (Å²) in [6.45, 7) is 7.61. The Hall–Kier alpha value is -3.43. The number of hydrogen-bond acceptors (Lipinski definition) is 6. The summed E-state index contributed by atoms with van der Waals surface area (Å²) < 4.78 is 12.0. The molecule has 3 aliphatic heterocycles. The van der Waals surface area contributed by atoms with Crippen LogP contribution >= 0.6 is 0 Å². The summed E-state index contributed by atoms with van der Waals surface area (Å²) in [4.78, 5) is 43.9. The molecular weight excluding hydrogens is 510 g/mol. The SMILES string of the molecule is COc1ccc(NC(=O)C2N([C@@H](CO)CC(C)C)C(=O)[C@@H]3[C@@H](C(=O)Nc4ccccc4)[C@]4(C)OC23CC4C)cc1. The van der Waals surface area contributed by atoms with Gasteiger partial charge in [0, 0.05) is 11.4 Å². The van der Waals surface area contributed by atoms with Crippen LogP contribution in [0.2, 0.25) is 0 Å². The molecule has 2 bridgehead atoms. The fourth-order valence-electron chi connectivity index (χ4n) is 7.22. The second-order valence-electron chi connectivity index (χ2n) is 12.0. The van der Waals surface area contributed by atoms with E-state index < -0.39 is 41.0 Å². The van der Waals surface area contributed by atoms with Crippen LogP contribution in [0.25, 0.3) is 0 Å². The van der Waals surface area contributed by atoms with Crippen LogP contribution in [0.15, 0.2) is 54.6 Å². The molecule has 0 aromatic heterocycles. The van der Waals surface area contributed by atoms with E-state index >= 15 is 0 Å². The summed E-state index contributed by atoms with van der Waals surface area (Å²) >= 11 is 0. The van der Waals surface area contributed by atoms with Gasteiger partial charge in [-0.25, -0.2) is 0 Å². The van der Waals surface area contributed by atoms with Crippen LogP contribution < -0.4 is 15.4 Å². The number of amides is 3. The zero-order chi connectivity index (χ0) is 28.8. The van der Waals surface area contributed by atoms with Crippen molar-refractivity contribution in [1.29, 1.82) is 0 Å². The number of benzene rings is 2. The van der Waals surface area contributed by atoms with E-state index in [1.807, 2.05) is 45.9 Å². The Morgan fingerprint density at radius 3 is 2.30 bits per heavy atom. The van der Waals surface area contributed by atoms with Crippen molar-refractivity contribution >= 4 is 29.1 Å². The highest BCUT2D eigenvalue weighted by atomic mass is 16.5. The molecule has 9 nitrogen and oxygen atoms in total. The zero-order valence-electron chi connectivity index (χ0n) is 23.7. The number of hydrogen-bond donors (Lipinski definition) is 3. The molecule has 3 N–H and O–H groups in total. The Kier molecular flexibility index (Phi) is 7.39. The van der Waals surface area contributed by atoms with Gasteiger partial charge in [0.05, 0.1) is 37.2 Å². The van der Waals surface area contributed by atoms with Gasteiger partial charge in [0.25, 0.3) is 0 Å². The van der Waals surface area contributed by atoms with Crippen molar-refractivity contribution in [2.24, 2.45) is 23.7 Å². The number of para-hydroxylation sites is 1. The monoisotopic (exact) mass is 549 g/mol. The first kappa shape index (κ1) is 28.1. The smallest absolute Gasteiger partial charge is 0.250 e. The van der Waals surface area contributed by atoms with Crippen molar-refractivity contribution in [1.82, 2.24) is 4.90 Å². The average molecular weight is 550 g/mol. The minimum absolute atomic E-state index is 0.0861. The lowest BCUT2D eigenvalue weighted by molar-refractivity contribution is -0.148. The maximum absolute atomic E-state index is 14.4. The van der Waals surface area contributed by atoms with Crippen LogP contribution in [0.5, 0.6) is 5.75 Å². The van der Waals surface area contributed by atoms with E-state index in [9.17, 15) is 19.5 Å². The fourth-order valence-corrected chi connectivity index (χ4v) is 7.22. The van der Waals surface area contributed by atoms with Crippen LogP contribution in [0.1, 0.15) is 40.5 Å². The normalized spacial score (nSPS) is 31.3. The number of methoxy groups -OCH3 is 1. The minimum Gasteiger partial charge on any atom is -0.497 e. The lowest BCUT2D eigenvalue weighted by Gasteiger charge is -2.37. The van der Waals surface area contributed by atoms with E-state index in [-0.39, 0.29) is 30.3 Å². The third kappa shape index (κ3) is 4.45. The highest BCUT2D eigenvalue weighted by Crippen LogP contribution is 2.65. The molecule has 40 heavy (non-hydrogen) atoms. The number of carbonyl (C=O) groups excluding carboxylic acids is 3. The predicted octanol–water partition coefficient (Wildman–Crippen LogP) is 3.69. The largest absolute Gasteiger partial charge is 0.497 e.